The van der Waals surface area contributed by atoms with E-state index in [2.05, 4.69) is 77.1 Å². The van der Waals surface area contributed by atoms with Gasteiger partial charge in [0.1, 0.15) is 5.76 Å². The van der Waals surface area contributed by atoms with E-state index in [-0.39, 0.29) is 42.5 Å². The number of aromatic nitrogens is 1. The van der Waals surface area contributed by atoms with Gasteiger partial charge in [-0.3, -0.25) is 4.79 Å². The van der Waals surface area contributed by atoms with E-state index in [1.165, 1.54) is 37.4 Å². The fourth-order valence-electron chi connectivity index (χ4n) is 5.29. The number of aliphatic hydroxyl groups excluding tert-OH is 1. The normalized spacial score (nSPS) is 12.6. The average molecular weight is 791 g/mol. The van der Waals surface area contributed by atoms with Gasteiger partial charge >= 0.3 is 0 Å². The van der Waals surface area contributed by atoms with E-state index in [1.54, 1.807) is 0 Å². The third kappa shape index (κ3) is 9.12. The van der Waals surface area contributed by atoms with Crippen LogP contribution in [0.3, 0.4) is 0 Å². The van der Waals surface area contributed by atoms with Crippen LogP contribution in [0.4, 0.5) is 0 Å². The summed E-state index contributed by atoms with van der Waals surface area (Å²) in [6.45, 7) is 23.2. The minimum atomic E-state index is -0.337. The van der Waals surface area contributed by atoms with Crippen LogP contribution in [0, 0.1) is 36.2 Å². The Morgan fingerprint density at radius 2 is 1.50 bits per heavy atom. The molecule has 44 heavy (non-hydrogen) atoms. The minimum Gasteiger partial charge on any atom is -0.512 e. The number of carbonyl (C=O) groups excluding carboxylic acids is 1. The topological polar surface area (TPSA) is 50.2 Å². The van der Waals surface area contributed by atoms with Gasteiger partial charge in [0.15, 0.2) is 5.78 Å². The number of hydrogen-bond donors (Lipinski definition) is 1. The zero-order valence-corrected chi connectivity index (χ0v) is 31.9. The fourth-order valence-corrected chi connectivity index (χ4v) is 6.69. The summed E-state index contributed by atoms with van der Waals surface area (Å²) >= 11 is 1.92. The van der Waals surface area contributed by atoms with E-state index in [4.69, 9.17) is 4.98 Å². The van der Waals surface area contributed by atoms with Gasteiger partial charge < -0.3 is 10.1 Å². The first-order valence-electron chi connectivity index (χ1n) is 15.9. The molecule has 1 N–H and O–H groups in total. The summed E-state index contributed by atoms with van der Waals surface area (Å²) in [5, 5.41) is 13.9. The van der Waals surface area contributed by atoms with Crippen LogP contribution < -0.4 is 0 Å². The molecule has 0 unspecified atom stereocenters. The van der Waals surface area contributed by atoms with Crippen LogP contribution in [0.2, 0.25) is 0 Å². The maximum Gasteiger partial charge on any atom is 0.164 e. The number of pyridine rings is 1. The van der Waals surface area contributed by atoms with Crippen molar-refractivity contribution in [3.05, 3.63) is 76.5 Å². The van der Waals surface area contributed by atoms with Crippen molar-refractivity contribution in [3.8, 4) is 11.3 Å². The van der Waals surface area contributed by atoms with Gasteiger partial charge in [-0.15, -0.1) is 46.2 Å². The number of carbonyl (C=O) groups is 1. The van der Waals surface area contributed by atoms with Crippen molar-refractivity contribution in [2.24, 2.45) is 16.2 Å². The van der Waals surface area contributed by atoms with Gasteiger partial charge in [0, 0.05) is 52.8 Å². The van der Waals surface area contributed by atoms with Crippen LogP contribution in [0.25, 0.3) is 32.1 Å². The molecule has 0 amide bonds. The maximum absolute atomic E-state index is 12.2. The SMILES string of the molecule is CCC(C)(CC)C(=O)/C=C(\O)C(C)(CC)CC.Cc1[c-]c(-c2nccc3cc4sc(CC(C)(C)C)cc4cc23)cc(C)c1.[Ir]. The Labute approximate surface area is 283 Å². The Bertz CT molecular complexity index is 1580. The van der Waals surface area contributed by atoms with E-state index in [9.17, 15) is 9.90 Å². The Hall–Kier alpha value is -2.33. The molecule has 4 rings (SSSR count). The summed E-state index contributed by atoms with van der Waals surface area (Å²) in [5.74, 6) is 0.286. The molecule has 0 aliphatic carbocycles. The molecule has 0 fully saturated rings. The molecule has 5 heteroatoms. The average Bonchev–Trinajstić information content (AvgIpc) is 3.33. The quantitative estimate of drug-likeness (QED) is 0.104. The Morgan fingerprint density at radius 1 is 0.886 bits per heavy atom. The molecule has 0 bridgehead atoms. The van der Waals surface area contributed by atoms with Gasteiger partial charge in [-0.25, -0.2) is 0 Å². The van der Waals surface area contributed by atoms with Crippen molar-refractivity contribution < 1.29 is 30.0 Å². The van der Waals surface area contributed by atoms with E-state index in [0.717, 1.165) is 48.9 Å². The first kappa shape index (κ1) is 37.9. The Balaban J connectivity index is 0.000000331. The molecule has 0 spiro atoms. The summed E-state index contributed by atoms with van der Waals surface area (Å²) in [7, 11) is 0. The second kappa shape index (κ2) is 15.3. The molecule has 0 saturated carbocycles. The Morgan fingerprint density at radius 3 is 2.05 bits per heavy atom. The molecular weight excluding hydrogens is 739 g/mol. The standard InChI is InChI=1S/C24H24NS.C15H28O2.Ir/c1-15-8-16(2)10-19(9-15)23-21-12-18-11-20(14-24(3,4)5)26-22(18)13-17(21)6-7-25-23;1-7-14(5,8-2)12(16)11-13(17)15(6,9-3)10-4;/h6-9,11-13H,14H2,1-5H3;11,16H,7-10H2,1-6H3;/q-1;;/b;12-11-;. The number of benzene rings is 2. The van der Waals surface area contributed by atoms with E-state index in [1.807, 2.05) is 59.1 Å². The number of nitrogens with zero attached hydrogens (tertiary/aromatic N) is 1. The number of aryl methyl sites for hydroxylation is 2. The summed E-state index contributed by atoms with van der Waals surface area (Å²) in [4.78, 5) is 18.3. The van der Waals surface area contributed by atoms with Crippen molar-refractivity contribution >= 4 is 38.0 Å². The predicted octanol–water partition coefficient (Wildman–Crippen LogP) is 11.8. The molecule has 2 aromatic heterocycles. The van der Waals surface area contributed by atoms with Gasteiger partial charge in [-0.2, -0.15) is 0 Å². The molecule has 0 atom stereocenters. The van der Waals surface area contributed by atoms with Gasteiger partial charge in [0.05, 0.1) is 0 Å². The van der Waals surface area contributed by atoms with Crippen LogP contribution >= 0.6 is 11.3 Å². The molecule has 0 aliphatic rings. The second-order valence-corrected chi connectivity index (χ2v) is 15.1. The molecule has 3 nitrogen and oxygen atoms in total. The molecule has 4 aromatic rings. The summed E-state index contributed by atoms with van der Waals surface area (Å²) in [5.41, 5.74) is 4.22. The molecule has 241 valence electrons. The minimum absolute atomic E-state index is 0. The molecule has 2 aromatic carbocycles. The molecule has 0 saturated heterocycles. The van der Waals surface area contributed by atoms with Crippen LogP contribution in [-0.2, 0) is 31.3 Å². The van der Waals surface area contributed by atoms with Crippen LogP contribution in [0.1, 0.15) is 104 Å². The number of fused-ring (bicyclic) bond motifs is 2. The van der Waals surface area contributed by atoms with E-state index >= 15 is 0 Å². The number of rotatable bonds is 9. The van der Waals surface area contributed by atoms with E-state index in [0.29, 0.717) is 5.41 Å². The first-order chi connectivity index (χ1) is 20.1. The van der Waals surface area contributed by atoms with Crippen LogP contribution in [0.5, 0.6) is 0 Å². The molecular formula is C39H52IrNO2S-. The number of ketones is 1. The van der Waals surface area contributed by atoms with Gasteiger partial charge in [-0.05, 0) is 77.6 Å². The summed E-state index contributed by atoms with van der Waals surface area (Å²) in [6.07, 6.45) is 7.78. The third-order valence-electron chi connectivity index (χ3n) is 9.16. The van der Waals surface area contributed by atoms with Crippen molar-refractivity contribution in [1.82, 2.24) is 4.98 Å². The number of aliphatic hydroxyl groups is 1. The number of thiophene rings is 1. The zero-order chi connectivity index (χ0) is 32.2. The molecule has 0 aliphatic heterocycles. The van der Waals surface area contributed by atoms with E-state index < -0.39 is 0 Å². The largest absolute Gasteiger partial charge is 0.512 e. The number of allylic oxidation sites excluding steroid dienone is 2. The fraction of sp³-hybridized carbons (Fsp3) is 0.487. The summed E-state index contributed by atoms with van der Waals surface area (Å²) in [6, 6.07) is 16.9. The first-order valence-corrected chi connectivity index (χ1v) is 16.7. The van der Waals surface area contributed by atoms with Crippen molar-refractivity contribution in [1.29, 1.82) is 0 Å². The predicted molar refractivity (Wildman–Crippen MR) is 187 cm³/mol. The maximum atomic E-state index is 12.2. The number of hydrogen-bond acceptors (Lipinski definition) is 4. The van der Waals surface area contributed by atoms with Crippen molar-refractivity contribution in [2.45, 2.75) is 108 Å². The van der Waals surface area contributed by atoms with Crippen LogP contribution in [0.15, 0.2) is 54.4 Å². The van der Waals surface area contributed by atoms with Crippen LogP contribution in [-0.4, -0.2) is 15.9 Å². The monoisotopic (exact) mass is 791 g/mol. The second-order valence-electron chi connectivity index (χ2n) is 13.9. The summed E-state index contributed by atoms with van der Waals surface area (Å²) < 4.78 is 1.36. The Kier molecular flexibility index (Phi) is 13.2. The van der Waals surface area contributed by atoms with Crippen molar-refractivity contribution in [2.75, 3.05) is 0 Å². The van der Waals surface area contributed by atoms with Gasteiger partial charge in [0.25, 0.3) is 0 Å². The third-order valence-corrected chi connectivity index (χ3v) is 10.3. The van der Waals surface area contributed by atoms with Crippen molar-refractivity contribution in [3.63, 3.8) is 0 Å². The smallest absolute Gasteiger partial charge is 0.164 e. The van der Waals surface area contributed by atoms with Gasteiger partial charge in [0.2, 0.25) is 0 Å². The molecule has 1 radical (unpaired) electrons. The zero-order valence-electron chi connectivity index (χ0n) is 28.7. The molecule has 2 heterocycles. The van der Waals surface area contributed by atoms with Gasteiger partial charge in [-0.1, -0.05) is 82.2 Å².